The van der Waals surface area contributed by atoms with Crippen molar-refractivity contribution < 1.29 is 5.11 Å². The Morgan fingerprint density at radius 2 is 1.83 bits per heavy atom. The summed E-state index contributed by atoms with van der Waals surface area (Å²) in [6, 6.07) is 9.23. The van der Waals surface area contributed by atoms with Gasteiger partial charge in [0.05, 0.1) is 6.61 Å². The summed E-state index contributed by atoms with van der Waals surface area (Å²) in [4.78, 5) is 7.79. The third-order valence-corrected chi connectivity index (χ3v) is 2.58. The van der Waals surface area contributed by atoms with E-state index in [1.165, 1.54) is 0 Å². The summed E-state index contributed by atoms with van der Waals surface area (Å²) in [6.07, 6.45) is 0. The number of aromatic nitrogens is 2. The van der Waals surface area contributed by atoms with Crippen molar-refractivity contribution in [2.45, 2.75) is 13.2 Å². The van der Waals surface area contributed by atoms with Crippen molar-refractivity contribution >= 4 is 23.4 Å². The molecule has 0 aliphatic rings. The number of nitrogens with zero attached hydrogens (tertiary/aromatic N) is 2. The molecule has 0 bridgehead atoms. The molecular formula is C12H13ClN4O. The third kappa shape index (κ3) is 3.32. The summed E-state index contributed by atoms with van der Waals surface area (Å²) in [6.45, 7) is 0.643. The van der Waals surface area contributed by atoms with Crippen LogP contribution in [0.5, 0.6) is 0 Å². The van der Waals surface area contributed by atoms with Gasteiger partial charge in [0.1, 0.15) is 11.0 Å². The average molecular weight is 265 g/mol. The van der Waals surface area contributed by atoms with Gasteiger partial charge in [0, 0.05) is 12.6 Å². The van der Waals surface area contributed by atoms with Crippen molar-refractivity contribution in [1.29, 1.82) is 0 Å². The van der Waals surface area contributed by atoms with Crippen LogP contribution in [0.25, 0.3) is 0 Å². The second kappa shape index (κ2) is 5.66. The van der Waals surface area contributed by atoms with Gasteiger partial charge in [-0.3, -0.25) is 0 Å². The number of hydrogen-bond acceptors (Lipinski definition) is 5. The van der Waals surface area contributed by atoms with Gasteiger partial charge in [-0.2, -0.15) is 4.98 Å². The summed E-state index contributed by atoms with van der Waals surface area (Å²) in [5.41, 5.74) is 7.44. The second-order valence-electron chi connectivity index (χ2n) is 3.76. The highest BCUT2D eigenvalue weighted by atomic mass is 35.5. The van der Waals surface area contributed by atoms with Crippen LogP contribution in [0.15, 0.2) is 30.3 Å². The van der Waals surface area contributed by atoms with Gasteiger partial charge in [0.2, 0.25) is 5.95 Å². The first-order valence-electron chi connectivity index (χ1n) is 5.40. The molecule has 0 aliphatic carbocycles. The number of nitrogens with two attached hydrogens (primary N) is 1. The van der Waals surface area contributed by atoms with Gasteiger partial charge < -0.3 is 16.2 Å². The van der Waals surface area contributed by atoms with Crippen LogP contribution in [0.4, 0.5) is 11.8 Å². The fourth-order valence-corrected chi connectivity index (χ4v) is 1.67. The number of anilines is 2. The zero-order valence-corrected chi connectivity index (χ0v) is 10.4. The van der Waals surface area contributed by atoms with Gasteiger partial charge in [-0.15, -0.1) is 0 Å². The SMILES string of the molecule is Nc1nc(Cl)cc(NCc2ccc(CO)cc2)n1. The predicted molar refractivity (Wildman–Crippen MR) is 71.1 cm³/mol. The average Bonchev–Trinajstić information content (AvgIpc) is 2.36. The minimum Gasteiger partial charge on any atom is -0.392 e. The molecule has 0 atom stereocenters. The Hall–Kier alpha value is -1.85. The Morgan fingerprint density at radius 3 is 2.44 bits per heavy atom. The Labute approximate surface area is 110 Å². The molecule has 0 saturated heterocycles. The molecule has 0 radical (unpaired) electrons. The fraction of sp³-hybridized carbons (Fsp3) is 0.167. The standard InChI is InChI=1S/C12H13ClN4O/c13-10-5-11(17-12(14)16-10)15-6-8-1-3-9(7-18)4-2-8/h1-5,18H,6-7H2,(H3,14,15,16,17). The first-order valence-corrected chi connectivity index (χ1v) is 5.78. The molecule has 5 nitrogen and oxygen atoms in total. The summed E-state index contributed by atoms with van der Waals surface area (Å²) in [7, 11) is 0. The number of nitrogens with one attached hydrogen (secondary N) is 1. The third-order valence-electron chi connectivity index (χ3n) is 2.39. The van der Waals surface area contributed by atoms with Gasteiger partial charge in [-0.05, 0) is 11.1 Å². The largest absolute Gasteiger partial charge is 0.392 e. The highest BCUT2D eigenvalue weighted by Gasteiger charge is 2.00. The van der Waals surface area contributed by atoms with E-state index in [9.17, 15) is 0 Å². The van der Waals surface area contributed by atoms with E-state index in [2.05, 4.69) is 15.3 Å². The second-order valence-corrected chi connectivity index (χ2v) is 4.15. The number of halogens is 1. The maximum atomic E-state index is 8.94. The van der Waals surface area contributed by atoms with E-state index in [1.54, 1.807) is 6.07 Å². The van der Waals surface area contributed by atoms with Gasteiger partial charge in [-0.1, -0.05) is 35.9 Å². The van der Waals surface area contributed by atoms with Crippen LogP contribution in [-0.2, 0) is 13.2 Å². The molecule has 1 aromatic carbocycles. The Balaban J connectivity index is 2.01. The van der Waals surface area contributed by atoms with E-state index in [1.807, 2.05) is 24.3 Å². The van der Waals surface area contributed by atoms with Crippen molar-refractivity contribution in [3.8, 4) is 0 Å². The lowest BCUT2D eigenvalue weighted by atomic mass is 10.1. The van der Waals surface area contributed by atoms with Crippen LogP contribution in [0, 0.1) is 0 Å². The summed E-state index contributed by atoms with van der Waals surface area (Å²) in [5.74, 6) is 0.722. The van der Waals surface area contributed by atoms with E-state index in [0.29, 0.717) is 17.5 Å². The van der Waals surface area contributed by atoms with Crippen LogP contribution in [0.1, 0.15) is 11.1 Å². The van der Waals surface area contributed by atoms with Gasteiger partial charge in [0.15, 0.2) is 0 Å². The molecule has 1 aromatic heterocycles. The molecule has 0 saturated carbocycles. The molecule has 4 N–H and O–H groups in total. The number of aliphatic hydroxyl groups excluding tert-OH is 1. The summed E-state index contributed by atoms with van der Waals surface area (Å²) < 4.78 is 0. The lowest BCUT2D eigenvalue weighted by Gasteiger charge is -2.07. The number of rotatable bonds is 4. The zero-order valence-electron chi connectivity index (χ0n) is 9.60. The monoisotopic (exact) mass is 264 g/mol. The maximum Gasteiger partial charge on any atom is 0.223 e. The molecule has 0 fully saturated rings. The van der Waals surface area contributed by atoms with E-state index < -0.39 is 0 Å². The number of aliphatic hydroxyl groups is 1. The van der Waals surface area contributed by atoms with Crippen LogP contribution in [0.2, 0.25) is 5.15 Å². The number of benzene rings is 1. The van der Waals surface area contributed by atoms with Crippen molar-refractivity contribution in [3.05, 3.63) is 46.6 Å². The first kappa shape index (κ1) is 12.6. The predicted octanol–water partition coefficient (Wildman–Crippen LogP) is 1.82. The molecule has 18 heavy (non-hydrogen) atoms. The normalized spacial score (nSPS) is 10.3. The van der Waals surface area contributed by atoms with Gasteiger partial charge in [-0.25, -0.2) is 4.98 Å². The van der Waals surface area contributed by atoms with Crippen molar-refractivity contribution in [2.24, 2.45) is 0 Å². The van der Waals surface area contributed by atoms with E-state index in [-0.39, 0.29) is 12.6 Å². The van der Waals surface area contributed by atoms with Crippen molar-refractivity contribution in [1.82, 2.24) is 9.97 Å². The molecule has 6 heteroatoms. The van der Waals surface area contributed by atoms with Crippen LogP contribution >= 0.6 is 11.6 Å². The molecular weight excluding hydrogens is 252 g/mol. The molecule has 0 spiro atoms. The maximum absolute atomic E-state index is 8.94. The minimum atomic E-state index is 0.0474. The van der Waals surface area contributed by atoms with E-state index in [4.69, 9.17) is 22.4 Å². The molecule has 1 heterocycles. The fourth-order valence-electron chi connectivity index (χ4n) is 1.48. The molecule has 0 aliphatic heterocycles. The van der Waals surface area contributed by atoms with Gasteiger partial charge >= 0.3 is 0 Å². The van der Waals surface area contributed by atoms with Gasteiger partial charge in [0.25, 0.3) is 0 Å². The summed E-state index contributed by atoms with van der Waals surface area (Å²) in [5, 5.41) is 12.3. The summed E-state index contributed by atoms with van der Waals surface area (Å²) >= 11 is 5.77. The highest BCUT2D eigenvalue weighted by molar-refractivity contribution is 6.29. The molecule has 2 rings (SSSR count). The van der Waals surface area contributed by atoms with Crippen LogP contribution in [-0.4, -0.2) is 15.1 Å². The quantitative estimate of drug-likeness (QED) is 0.734. The highest BCUT2D eigenvalue weighted by Crippen LogP contribution is 2.13. The Morgan fingerprint density at radius 1 is 1.17 bits per heavy atom. The van der Waals surface area contributed by atoms with Crippen LogP contribution in [0.3, 0.4) is 0 Å². The van der Waals surface area contributed by atoms with E-state index >= 15 is 0 Å². The molecule has 0 unspecified atom stereocenters. The van der Waals surface area contributed by atoms with Crippen LogP contribution < -0.4 is 11.1 Å². The lowest BCUT2D eigenvalue weighted by Crippen LogP contribution is -2.04. The minimum absolute atomic E-state index is 0.0474. The lowest BCUT2D eigenvalue weighted by molar-refractivity contribution is 0.282. The molecule has 2 aromatic rings. The topological polar surface area (TPSA) is 84.1 Å². The van der Waals surface area contributed by atoms with Crippen molar-refractivity contribution in [2.75, 3.05) is 11.1 Å². The van der Waals surface area contributed by atoms with Crippen molar-refractivity contribution in [3.63, 3.8) is 0 Å². The Kier molecular flexibility index (Phi) is 3.96. The zero-order chi connectivity index (χ0) is 13.0. The first-order chi connectivity index (χ1) is 8.67. The Bertz CT molecular complexity index is 510. The number of nitrogen functional groups attached to an aromatic ring is 1. The number of hydrogen-bond donors (Lipinski definition) is 3. The smallest absolute Gasteiger partial charge is 0.223 e. The molecule has 94 valence electrons. The molecule has 0 amide bonds. The van der Waals surface area contributed by atoms with E-state index in [0.717, 1.165) is 11.1 Å².